The number of aryl methyl sites for hydroxylation is 2. The van der Waals surface area contributed by atoms with Gasteiger partial charge < -0.3 is 16.0 Å². The molecule has 3 rings (SSSR count). The van der Waals surface area contributed by atoms with E-state index in [1.54, 1.807) is 13.2 Å². The molecule has 1 aliphatic rings. The van der Waals surface area contributed by atoms with E-state index in [0.717, 1.165) is 18.8 Å². The molecule has 0 aliphatic carbocycles. The summed E-state index contributed by atoms with van der Waals surface area (Å²) in [6.07, 6.45) is 4.02. The minimum atomic E-state index is 0.511. The van der Waals surface area contributed by atoms with Crippen molar-refractivity contribution in [2.24, 2.45) is 0 Å². The maximum absolute atomic E-state index is 6.04. The molecule has 1 fully saturated rings. The Bertz CT molecular complexity index is 726. The molecule has 24 heavy (non-hydrogen) atoms. The van der Waals surface area contributed by atoms with Crippen molar-refractivity contribution in [1.29, 1.82) is 0 Å². The van der Waals surface area contributed by atoms with Gasteiger partial charge in [0, 0.05) is 12.7 Å². The predicted octanol–water partition coefficient (Wildman–Crippen LogP) is 4.00. The minimum Gasteiger partial charge on any atom is -0.372 e. The number of piperidine rings is 1. The van der Waals surface area contributed by atoms with Gasteiger partial charge in [-0.25, -0.2) is 4.98 Å². The van der Waals surface area contributed by atoms with Gasteiger partial charge in [0.2, 0.25) is 5.95 Å². The largest absolute Gasteiger partial charge is 0.372 e. The molecule has 0 unspecified atom stereocenters. The third kappa shape index (κ3) is 3.62. The fourth-order valence-electron chi connectivity index (χ4n) is 3.27. The van der Waals surface area contributed by atoms with Gasteiger partial charge in [0.1, 0.15) is 10.8 Å². The second-order valence-electron chi connectivity index (χ2n) is 6.31. The lowest BCUT2D eigenvalue weighted by Gasteiger charge is -2.25. The first-order chi connectivity index (χ1) is 11.6. The summed E-state index contributed by atoms with van der Waals surface area (Å²) < 4.78 is 0. The van der Waals surface area contributed by atoms with E-state index in [2.05, 4.69) is 51.9 Å². The van der Waals surface area contributed by atoms with Gasteiger partial charge in [-0.15, -0.1) is 0 Å². The number of halogens is 1. The summed E-state index contributed by atoms with van der Waals surface area (Å²) in [5.41, 5.74) is 5.03. The van der Waals surface area contributed by atoms with Gasteiger partial charge >= 0.3 is 0 Å². The maximum Gasteiger partial charge on any atom is 0.229 e. The molecule has 2 heterocycles. The Labute approximate surface area is 148 Å². The fraction of sp³-hybridized carbons (Fsp3) is 0.444. The highest BCUT2D eigenvalue weighted by molar-refractivity contribution is 6.32. The minimum absolute atomic E-state index is 0.511. The Balaban J connectivity index is 1.85. The zero-order chi connectivity index (χ0) is 17.1. The quantitative estimate of drug-likeness (QED) is 0.781. The summed E-state index contributed by atoms with van der Waals surface area (Å²) in [4.78, 5) is 8.66. The molecule has 2 aromatic rings. The molecule has 1 aliphatic heterocycles. The summed E-state index contributed by atoms with van der Waals surface area (Å²) in [5, 5.41) is 10.2. The number of aromatic nitrogens is 2. The molecule has 6 heteroatoms. The zero-order valence-corrected chi connectivity index (χ0v) is 15.2. The van der Waals surface area contributed by atoms with Crippen LogP contribution in [0.2, 0.25) is 5.02 Å². The topological polar surface area (TPSA) is 61.9 Å². The first kappa shape index (κ1) is 17.0. The van der Waals surface area contributed by atoms with Gasteiger partial charge in [-0.1, -0.05) is 17.7 Å². The fourth-order valence-corrected chi connectivity index (χ4v) is 3.45. The average molecular weight is 346 g/mol. The van der Waals surface area contributed by atoms with Gasteiger partial charge in [-0.05, 0) is 68.5 Å². The Hall–Kier alpha value is -1.85. The van der Waals surface area contributed by atoms with E-state index in [-0.39, 0.29) is 0 Å². The number of benzene rings is 1. The average Bonchev–Trinajstić information content (AvgIpc) is 2.60. The third-order valence-corrected chi connectivity index (χ3v) is 4.90. The van der Waals surface area contributed by atoms with E-state index >= 15 is 0 Å². The van der Waals surface area contributed by atoms with Crippen molar-refractivity contribution in [2.45, 2.75) is 32.6 Å². The number of anilines is 3. The molecule has 0 saturated carbocycles. The lowest BCUT2D eigenvalue weighted by atomic mass is 9.86. The van der Waals surface area contributed by atoms with Crippen molar-refractivity contribution in [1.82, 2.24) is 15.3 Å². The summed E-state index contributed by atoms with van der Waals surface area (Å²) in [6.45, 7) is 6.52. The number of rotatable bonds is 4. The van der Waals surface area contributed by atoms with Crippen LogP contribution in [-0.4, -0.2) is 30.1 Å². The maximum atomic E-state index is 6.04. The molecule has 0 amide bonds. The normalized spacial score (nSPS) is 15.3. The second-order valence-corrected chi connectivity index (χ2v) is 6.72. The van der Waals surface area contributed by atoms with Gasteiger partial charge in [0.25, 0.3) is 0 Å². The van der Waals surface area contributed by atoms with Crippen LogP contribution in [0, 0.1) is 13.8 Å². The molecule has 128 valence electrons. The monoisotopic (exact) mass is 345 g/mol. The highest BCUT2D eigenvalue weighted by Crippen LogP contribution is 2.32. The van der Waals surface area contributed by atoms with E-state index in [9.17, 15) is 0 Å². The molecular weight excluding hydrogens is 322 g/mol. The predicted molar refractivity (Wildman–Crippen MR) is 101 cm³/mol. The van der Waals surface area contributed by atoms with Crippen LogP contribution in [-0.2, 0) is 0 Å². The summed E-state index contributed by atoms with van der Waals surface area (Å²) in [5.74, 6) is 1.82. The Morgan fingerprint density at radius 2 is 1.92 bits per heavy atom. The van der Waals surface area contributed by atoms with Crippen molar-refractivity contribution in [3.63, 3.8) is 0 Å². The third-order valence-electron chi connectivity index (χ3n) is 4.62. The number of hydrogen-bond donors (Lipinski definition) is 3. The zero-order valence-electron chi connectivity index (χ0n) is 14.4. The first-order valence-corrected chi connectivity index (χ1v) is 8.75. The van der Waals surface area contributed by atoms with Crippen LogP contribution >= 0.6 is 11.6 Å². The van der Waals surface area contributed by atoms with Crippen molar-refractivity contribution < 1.29 is 0 Å². The summed E-state index contributed by atoms with van der Waals surface area (Å²) in [6, 6.07) is 4.51. The Morgan fingerprint density at radius 3 is 2.62 bits per heavy atom. The molecular formula is C18H24ClN5. The molecule has 3 N–H and O–H groups in total. The molecule has 5 nitrogen and oxygen atoms in total. The SMILES string of the molecule is CNc1nc(Nc2cc(C)c(C3CCNCC3)cc2C)ncc1Cl. The lowest BCUT2D eigenvalue weighted by molar-refractivity contribution is 0.459. The molecule has 1 aromatic heterocycles. The molecule has 0 atom stereocenters. The molecule has 1 aromatic carbocycles. The van der Waals surface area contributed by atoms with Crippen molar-refractivity contribution in [2.75, 3.05) is 30.8 Å². The molecule has 0 spiro atoms. The van der Waals surface area contributed by atoms with Crippen LogP contribution in [0.5, 0.6) is 0 Å². The summed E-state index contributed by atoms with van der Waals surface area (Å²) >= 11 is 6.04. The smallest absolute Gasteiger partial charge is 0.229 e. The Morgan fingerprint density at radius 1 is 1.17 bits per heavy atom. The number of hydrogen-bond acceptors (Lipinski definition) is 5. The second kappa shape index (κ2) is 7.36. The first-order valence-electron chi connectivity index (χ1n) is 8.37. The number of nitrogens with one attached hydrogen (secondary N) is 3. The summed E-state index contributed by atoms with van der Waals surface area (Å²) in [7, 11) is 1.79. The van der Waals surface area contributed by atoms with Crippen LogP contribution < -0.4 is 16.0 Å². The van der Waals surface area contributed by atoms with Crippen LogP contribution in [0.15, 0.2) is 18.3 Å². The van der Waals surface area contributed by atoms with Gasteiger partial charge in [-0.3, -0.25) is 0 Å². The van der Waals surface area contributed by atoms with E-state index in [0.29, 0.717) is 22.7 Å². The van der Waals surface area contributed by atoms with Crippen LogP contribution in [0.25, 0.3) is 0 Å². The highest BCUT2D eigenvalue weighted by Gasteiger charge is 2.18. The van der Waals surface area contributed by atoms with Crippen LogP contribution in [0.3, 0.4) is 0 Å². The number of nitrogens with zero attached hydrogens (tertiary/aromatic N) is 2. The van der Waals surface area contributed by atoms with E-state index in [4.69, 9.17) is 11.6 Å². The van der Waals surface area contributed by atoms with Crippen molar-refractivity contribution in [3.05, 3.63) is 40.0 Å². The Kier molecular flexibility index (Phi) is 5.21. The molecule has 1 saturated heterocycles. The van der Waals surface area contributed by atoms with E-state index in [1.807, 2.05) is 0 Å². The van der Waals surface area contributed by atoms with Gasteiger partial charge in [0.05, 0.1) is 6.20 Å². The highest BCUT2D eigenvalue weighted by atomic mass is 35.5. The lowest BCUT2D eigenvalue weighted by Crippen LogP contribution is -2.27. The van der Waals surface area contributed by atoms with Crippen LogP contribution in [0.1, 0.15) is 35.4 Å². The molecule has 0 radical (unpaired) electrons. The van der Waals surface area contributed by atoms with Crippen LogP contribution in [0.4, 0.5) is 17.5 Å². The van der Waals surface area contributed by atoms with E-state index in [1.165, 1.54) is 29.5 Å². The standard InChI is InChI=1S/C18H24ClN5/c1-11-9-16(23-18-22-10-15(19)17(20-3)24-18)12(2)8-14(11)13-4-6-21-7-5-13/h8-10,13,21H,4-7H2,1-3H3,(H2,20,22,23,24). The van der Waals surface area contributed by atoms with Crippen molar-refractivity contribution in [3.8, 4) is 0 Å². The van der Waals surface area contributed by atoms with Gasteiger partial charge in [-0.2, -0.15) is 4.98 Å². The van der Waals surface area contributed by atoms with Gasteiger partial charge in [0.15, 0.2) is 0 Å². The van der Waals surface area contributed by atoms with Crippen molar-refractivity contribution >= 4 is 29.1 Å². The van der Waals surface area contributed by atoms with E-state index < -0.39 is 0 Å². The molecule has 0 bridgehead atoms.